The number of fused-ring (bicyclic) bond motifs is 1. The van der Waals surface area contributed by atoms with Crippen molar-refractivity contribution in [1.82, 2.24) is 20.4 Å². The maximum Gasteiger partial charge on any atom is 0.325 e. The van der Waals surface area contributed by atoms with Crippen molar-refractivity contribution in [3.05, 3.63) is 29.8 Å². The van der Waals surface area contributed by atoms with E-state index in [4.69, 9.17) is 4.74 Å². The Morgan fingerprint density at radius 2 is 1.90 bits per heavy atom. The molecule has 3 fully saturated rings. The molecular formula is C23H32N4O4. The van der Waals surface area contributed by atoms with Crippen LogP contribution in [0, 0.1) is 5.92 Å². The number of urea groups is 1. The lowest BCUT2D eigenvalue weighted by atomic mass is 9.83. The van der Waals surface area contributed by atoms with Crippen LogP contribution < -0.4 is 15.4 Å². The Labute approximate surface area is 183 Å². The Bertz CT molecular complexity index is 810. The molecule has 8 heteroatoms. The average molecular weight is 429 g/mol. The van der Waals surface area contributed by atoms with Crippen LogP contribution in [0.3, 0.4) is 0 Å². The van der Waals surface area contributed by atoms with E-state index in [1.54, 1.807) is 19.2 Å². The lowest BCUT2D eigenvalue weighted by molar-refractivity contribution is -0.131. The Morgan fingerprint density at radius 3 is 2.68 bits per heavy atom. The molecule has 3 aliphatic rings. The first-order valence-electron chi connectivity index (χ1n) is 11.3. The van der Waals surface area contributed by atoms with Gasteiger partial charge in [0, 0.05) is 12.6 Å². The van der Waals surface area contributed by atoms with E-state index in [9.17, 15) is 14.4 Å². The summed E-state index contributed by atoms with van der Waals surface area (Å²) in [6, 6.07) is 6.52. The van der Waals surface area contributed by atoms with Crippen molar-refractivity contribution in [2.45, 2.75) is 57.2 Å². The topological polar surface area (TPSA) is 91.0 Å². The molecular weight excluding hydrogens is 396 g/mol. The van der Waals surface area contributed by atoms with Crippen LogP contribution in [0.1, 0.15) is 44.1 Å². The van der Waals surface area contributed by atoms with E-state index >= 15 is 0 Å². The number of benzene rings is 1. The summed E-state index contributed by atoms with van der Waals surface area (Å²) in [5, 5.41) is 5.68. The van der Waals surface area contributed by atoms with Gasteiger partial charge in [0.15, 0.2) is 0 Å². The van der Waals surface area contributed by atoms with Crippen molar-refractivity contribution in [3.8, 4) is 5.75 Å². The van der Waals surface area contributed by atoms with Gasteiger partial charge in [0.1, 0.15) is 11.8 Å². The number of hydrogen-bond acceptors (Lipinski definition) is 5. The number of amides is 4. The molecule has 4 amide bonds. The van der Waals surface area contributed by atoms with Gasteiger partial charge in [0.2, 0.25) is 5.91 Å². The molecule has 2 N–H and O–H groups in total. The van der Waals surface area contributed by atoms with Gasteiger partial charge in [-0.15, -0.1) is 0 Å². The Kier molecular flexibility index (Phi) is 6.75. The van der Waals surface area contributed by atoms with Gasteiger partial charge in [-0.2, -0.15) is 0 Å². The molecule has 3 aliphatic heterocycles. The van der Waals surface area contributed by atoms with E-state index in [1.807, 2.05) is 12.1 Å². The number of methoxy groups -OCH3 is 1. The quantitative estimate of drug-likeness (QED) is 0.647. The van der Waals surface area contributed by atoms with E-state index in [0.717, 1.165) is 12.0 Å². The molecule has 3 atom stereocenters. The van der Waals surface area contributed by atoms with Crippen molar-refractivity contribution in [2.24, 2.45) is 5.92 Å². The SMILES string of the molecule is COc1ccc(CN2C(=O)N[C@H](CC(=O)NC[C@@H]3CCCN4CCCC[C@H]34)C2=O)cc1. The summed E-state index contributed by atoms with van der Waals surface area (Å²) >= 11 is 0. The van der Waals surface area contributed by atoms with Crippen LogP contribution >= 0.6 is 0 Å². The van der Waals surface area contributed by atoms with Crippen LogP contribution in [0.2, 0.25) is 0 Å². The molecule has 1 aromatic rings. The zero-order chi connectivity index (χ0) is 21.8. The molecule has 3 heterocycles. The summed E-state index contributed by atoms with van der Waals surface area (Å²) < 4.78 is 5.13. The molecule has 168 valence electrons. The molecule has 0 aromatic heterocycles. The largest absolute Gasteiger partial charge is 0.497 e. The lowest BCUT2D eigenvalue weighted by Gasteiger charge is -2.44. The minimum absolute atomic E-state index is 0.0230. The molecule has 4 rings (SSSR count). The van der Waals surface area contributed by atoms with Crippen molar-refractivity contribution in [3.63, 3.8) is 0 Å². The van der Waals surface area contributed by atoms with Gasteiger partial charge in [-0.25, -0.2) is 4.79 Å². The zero-order valence-corrected chi connectivity index (χ0v) is 18.1. The van der Waals surface area contributed by atoms with Gasteiger partial charge in [-0.1, -0.05) is 18.6 Å². The van der Waals surface area contributed by atoms with Gasteiger partial charge in [-0.3, -0.25) is 14.5 Å². The molecule has 1 aromatic carbocycles. The van der Waals surface area contributed by atoms with Gasteiger partial charge in [0.05, 0.1) is 20.1 Å². The predicted molar refractivity (Wildman–Crippen MR) is 115 cm³/mol. The summed E-state index contributed by atoms with van der Waals surface area (Å²) in [6.07, 6.45) is 6.03. The minimum Gasteiger partial charge on any atom is -0.497 e. The normalized spacial score (nSPS) is 26.4. The predicted octanol–water partition coefficient (Wildman–Crippen LogP) is 1.89. The Hall–Kier alpha value is -2.61. The van der Waals surface area contributed by atoms with Crippen molar-refractivity contribution < 1.29 is 19.1 Å². The third kappa shape index (κ3) is 5.01. The van der Waals surface area contributed by atoms with E-state index in [-0.39, 0.29) is 24.8 Å². The highest BCUT2D eigenvalue weighted by Crippen LogP contribution is 2.30. The van der Waals surface area contributed by atoms with E-state index in [2.05, 4.69) is 15.5 Å². The van der Waals surface area contributed by atoms with Gasteiger partial charge in [-0.05, 0) is 62.4 Å². The first kappa shape index (κ1) is 21.6. The first-order chi connectivity index (χ1) is 15.0. The fraction of sp³-hybridized carbons (Fsp3) is 0.609. The van der Waals surface area contributed by atoms with Crippen molar-refractivity contribution >= 4 is 17.8 Å². The molecule has 0 unspecified atom stereocenters. The standard InChI is InChI=1S/C23H32N4O4/c1-31-18-9-7-16(8-10-18)15-27-22(29)19(25-23(27)30)13-21(28)24-14-17-5-4-12-26-11-3-2-6-20(17)26/h7-10,17,19-20H,2-6,11-15H2,1H3,(H,24,28)(H,25,30)/t17-,19+,20+/m0/s1. The molecule has 0 aliphatic carbocycles. The monoisotopic (exact) mass is 428 g/mol. The van der Waals surface area contributed by atoms with Crippen LogP contribution in [0.25, 0.3) is 0 Å². The lowest BCUT2D eigenvalue weighted by Crippen LogP contribution is -2.51. The van der Waals surface area contributed by atoms with E-state index in [1.165, 1.54) is 43.7 Å². The molecule has 3 saturated heterocycles. The second-order valence-corrected chi connectivity index (χ2v) is 8.78. The fourth-order valence-electron chi connectivity index (χ4n) is 5.10. The summed E-state index contributed by atoms with van der Waals surface area (Å²) in [7, 11) is 1.58. The second-order valence-electron chi connectivity index (χ2n) is 8.78. The van der Waals surface area contributed by atoms with Crippen LogP contribution in [-0.4, -0.2) is 66.5 Å². The number of rotatable bonds is 7. The molecule has 8 nitrogen and oxygen atoms in total. The van der Waals surface area contributed by atoms with Gasteiger partial charge < -0.3 is 20.3 Å². The highest BCUT2D eigenvalue weighted by Gasteiger charge is 2.39. The maximum atomic E-state index is 12.7. The number of piperidine rings is 2. The van der Waals surface area contributed by atoms with Crippen LogP contribution in [0.5, 0.6) is 5.75 Å². The maximum absolute atomic E-state index is 12.7. The summed E-state index contributed by atoms with van der Waals surface area (Å²) in [6.45, 7) is 3.15. The average Bonchev–Trinajstić information content (AvgIpc) is 3.05. The minimum atomic E-state index is -0.803. The van der Waals surface area contributed by atoms with Crippen molar-refractivity contribution in [1.29, 1.82) is 0 Å². The number of nitrogens with one attached hydrogen (secondary N) is 2. The molecule has 0 saturated carbocycles. The van der Waals surface area contributed by atoms with Crippen LogP contribution in [0.15, 0.2) is 24.3 Å². The summed E-state index contributed by atoms with van der Waals surface area (Å²) in [4.78, 5) is 41.3. The highest BCUT2D eigenvalue weighted by atomic mass is 16.5. The van der Waals surface area contributed by atoms with E-state index < -0.39 is 12.1 Å². The summed E-state index contributed by atoms with van der Waals surface area (Å²) in [5.41, 5.74) is 0.823. The third-order valence-corrected chi connectivity index (χ3v) is 6.79. The molecule has 0 bridgehead atoms. The Balaban J connectivity index is 1.27. The van der Waals surface area contributed by atoms with Gasteiger partial charge >= 0.3 is 6.03 Å². The Morgan fingerprint density at radius 1 is 1.13 bits per heavy atom. The molecule has 0 radical (unpaired) electrons. The zero-order valence-electron chi connectivity index (χ0n) is 18.1. The molecule has 0 spiro atoms. The van der Waals surface area contributed by atoms with Crippen LogP contribution in [0.4, 0.5) is 4.79 Å². The number of nitrogens with zero attached hydrogens (tertiary/aromatic N) is 2. The number of hydrogen-bond donors (Lipinski definition) is 2. The van der Waals surface area contributed by atoms with E-state index in [0.29, 0.717) is 24.3 Å². The van der Waals surface area contributed by atoms with Gasteiger partial charge in [0.25, 0.3) is 5.91 Å². The van der Waals surface area contributed by atoms with Crippen LogP contribution in [-0.2, 0) is 16.1 Å². The highest BCUT2D eigenvalue weighted by molar-refractivity contribution is 6.05. The first-order valence-corrected chi connectivity index (χ1v) is 11.3. The smallest absolute Gasteiger partial charge is 0.325 e. The number of ether oxygens (including phenoxy) is 1. The fourth-order valence-corrected chi connectivity index (χ4v) is 5.10. The second kappa shape index (κ2) is 9.68. The summed E-state index contributed by atoms with van der Waals surface area (Å²) in [5.74, 6) is 0.647. The molecule has 31 heavy (non-hydrogen) atoms. The number of imide groups is 1. The number of carbonyl (C=O) groups is 3. The number of carbonyl (C=O) groups excluding carboxylic acids is 3. The van der Waals surface area contributed by atoms with Crippen molar-refractivity contribution in [2.75, 3.05) is 26.7 Å². The third-order valence-electron chi connectivity index (χ3n) is 6.79.